The topological polar surface area (TPSA) is 85.5 Å². The molecular formula is C23H26ClN3O4. The van der Waals surface area contributed by atoms with E-state index in [0.717, 1.165) is 24.0 Å². The van der Waals surface area contributed by atoms with Crippen LogP contribution in [-0.4, -0.2) is 23.9 Å². The third-order valence-electron chi connectivity index (χ3n) is 4.56. The van der Waals surface area contributed by atoms with Crippen molar-refractivity contribution in [2.75, 3.05) is 19.0 Å². The maximum Gasteiger partial charge on any atom is 0.285 e. The molecule has 3 rings (SSSR count). The zero-order valence-electron chi connectivity index (χ0n) is 17.6. The molecule has 3 aromatic rings. The fourth-order valence-electron chi connectivity index (χ4n) is 2.86. The van der Waals surface area contributed by atoms with Gasteiger partial charge in [-0.15, -0.1) is 5.10 Å². The van der Waals surface area contributed by atoms with Crippen molar-refractivity contribution in [3.8, 4) is 17.4 Å². The molecule has 0 amide bonds. The summed E-state index contributed by atoms with van der Waals surface area (Å²) in [5, 5.41) is 9.53. The fourth-order valence-corrected chi connectivity index (χ4v) is 3.05. The molecule has 0 bridgehead atoms. The normalized spacial score (nSPS) is 10.5. The van der Waals surface area contributed by atoms with Gasteiger partial charge in [-0.05, 0) is 29.7 Å². The van der Waals surface area contributed by atoms with Crippen molar-refractivity contribution in [2.45, 2.75) is 32.9 Å². The van der Waals surface area contributed by atoms with Crippen molar-refractivity contribution in [1.29, 1.82) is 0 Å². The standard InChI is InChI=1S/C23H26ClN3O4/c1-3-4-12-30-19-13-17(10-11-18(19)29-2)14-25-21-20(24)22(28)26-27-23(21)31-15-16-8-6-5-7-9-16/h5-11,13H,3-4,12,14-15H2,1-2H3,(H2,25,26,28). The number of nitrogens with one attached hydrogen (secondary N) is 2. The van der Waals surface area contributed by atoms with E-state index >= 15 is 0 Å². The highest BCUT2D eigenvalue weighted by molar-refractivity contribution is 6.33. The Hall–Kier alpha value is -3.19. The summed E-state index contributed by atoms with van der Waals surface area (Å²) in [5.41, 5.74) is 1.75. The van der Waals surface area contributed by atoms with E-state index in [1.54, 1.807) is 7.11 Å². The van der Waals surface area contributed by atoms with Gasteiger partial charge in [-0.1, -0.05) is 61.3 Å². The molecule has 0 aliphatic rings. The molecule has 0 unspecified atom stereocenters. The summed E-state index contributed by atoms with van der Waals surface area (Å²) in [6.07, 6.45) is 2.01. The van der Waals surface area contributed by atoms with Gasteiger partial charge in [0.1, 0.15) is 17.3 Å². The summed E-state index contributed by atoms with van der Waals surface area (Å²) < 4.78 is 17.0. The molecule has 2 N–H and O–H groups in total. The van der Waals surface area contributed by atoms with E-state index in [9.17, 15) is 4.79 Å². The highest BCUT2D eigenvalue weighted by atomic mass is 35.5. The Balaban J connectivity index is 1.75. The van der Waals surface area contributed by atoms with Crippen LogP contribution in [0.1, 0.15) is 30.9 Å². The molecule has 2 aromatic carbocycles. The highest BCUT2D eigenvalue weighted by Gasteiger charge is 2.15. The Morgan fingerprint density at radius 3 is 2.61 bits per heavy atom. The van der Waals surface area contributed by atoms with Crippen molar-refractivity contribution < 1.29 is 14.2 Å². The second-order valence-electron chi connectivity index (χ2n) is 6.86. The number of anilines is 1. The number of halogens is 1. The molecule has 0 radical (unpaired) electrons. The summed E-state index contributed by atoms with van der Waals surface area (Å²) in [6, 6.07) is 15.3. The minimum Gasteiger partial charge on any atom is -0.493 e. The van der Waals surface area contributed by atoms with Gasteiger partial charge in [0.15, 0.2) is 11.5 Å². The van der Waals surface area contributed by atoms with E-state index in [1.807, 2.05) is 48.5 Å². The van der Waals surface area contributed by atoms with Crippen LogP contribution >= 0.6 is 11.6 Å². The van der Waals surface area contributed by atoms with Gasteiger partial charge in [-0.25, -0.2) is 5.10 Å². The molecule has 1 heterocycles. The summed E-state index contributed by atoms with van der Waals surface area (Å²) in [5.74, 6) is 1.56. The van der Waals surface area contributed by atoms with Gasteiger partial charge in [0.05, 0.1) is 13.7 Å². The number of hydrogen-bond acceptors (Lipinski definition) is 6. The van der Waals surface area contributed by atoms with Crippen LogP contribution in [0, 0.1) is 0 Å². The largest absolute Gasteiger partial charge is 0.493 e. The minimum atomic E-state index is -0.491. The number of aromatic amines is 1. The Morgan fingerprint density at radius 2 is 1.87 bits per heavy atom. The molecule has 0 saturated heterocycles. The number of hydrogen-bond donors (Lipinski definition) is 2. The molecule has 7 nitrogen and oxygen atoms in total. The number of H-pyrrole nitrogens is 1. The van der Waals surface area contributed by atoms with Gasteiger partial charge in [-0.2, -0.15) is 0 Å². The van der Waals surface area contributed by atoms with Crippen LogP contribution in [0.25, 0.3) is 0 Å². The Bertz CT molecular complexity index is 1040. The molecule has 0 aliphatic carbocycles. The van der Waals surface area contributed by atoms with Crippen molar-refractivity contribution in [3.05, 3.63) is 75.0 Å². The van der Waals surface area contributed by atoms with Crippen LogP contribution in [0.2, 0.25) is 5.02 Å². The Labute approximate surface area is 186 Å². The van der Waals surface area contributed by atoms with Crippen LogP contribution < -0.4 is 25.1 Å². The summed E-state index contributed by atoms with van der Waals surface area (Å²) in [6.45, 7) is 3.41. The molecule has 164 valence electrons. The lowest BCUT2D eigenvalue weighted by molar-refractivity contribution is 0.288. The van der Waals surface area contributed by atoms with Gasteiger partial charge >= 0.3 is 0 Å². The maximum atomic E-state index is 12.0. The third kappa shape index (κ3) is 6.15. The average Bonchev–Trinajstić information content (AvgIpc) is 2.80. The third-order valence-corrected chi connectivity index (χ3v) is 4.92. The van der Waals surface area contributed by atoms with Gasteiger partial charge in [0.25, 0.3) is 11.4 Å². The van der Waals surface area contributed by atoms with Gasteiger partial charge in [0, 0.05) is 6.54 Å². The number of ether oxygens (including phenoxy) is 3. The molecule has 0 aliphatic heterocycles. The molecule has 0 saturated carbocycles. The van der Waals surface area contributed by atoms with E-state index in [2.05, 4.69) is 22.4 Å². The summed E-state index contributed by atoms with van der Waals surface area (Å²) >= 11 is 6.24. The van der Waals surface area contributed by atoms with Crippen molar-refractivity contribution in [1.82, 2.24) is 10.2 Å². The average molecular weight is 444 g/mol. The Kier molecular flexibility index (Phi) is 8.18. The smallest absolute Gasteiger partial charge is 0.285 e. The highest BCUT2D eigenvalue weighted by Crippen LogP contribution is 2.31. The number of aromatic nitrogens is 2. The van der Waals surface area contributed by atoms with Crippen molar-refractivity contribution >= 4 is 17.3 Å². The second-order valence-corrected chi connectivity index (χ2v) is 7.24. The number of nitrogens with zero attached hydrogens (tertiary/aromatic N) is 1. The van der Waals surface area contributed by atoms with E-state index in [0.29, 0.717) is 36.9 Å². The van der Waals surface area contributed by atoms with Gasteiger partial charge < -0.3 is 19.5 Å². The van der Waals surface area contributed by atoms with Crippen LogP contribution in [0.5, 0.6) is 17.4 Å². The molecule has 0 fully saturated rings. The summed E-state index contributed by atoms with van der Waals surface area (Å²) in [7, 11) is 1.61. The van der Waals surface area contributed by atoms with E-state index in [1.165, 1.54) is 0 Å². The summed E-state index contributed by atoms with van der Waals surface area (Å²) in [4.78, 5) is 12.0. The van der Waals surface area contributed by atoms with Crippen molar-refractivity contribution in [2.24, 2.45) is 0 Å². The number of unbranched alkanes of at least 4 members (excludes halogenated alkanes) is 1. The quantitative estimate of drug-likeness (QED) is 0.414. The molecule has 1 aromatic heterocycles. The van der Waals surface area contributed by atoms with E-state index in [4.69, 9.17) is 25.8 Å². The molecule has 8 heteroatoms. The van der Waals surface area contributed by atoms with Crippen LogP contribution in [0.15, 0.2) is 53.3 Å². The van der Waals surface area contributed by atoms with Crippen molar-refractivity contribution in [3.63, 3.8) is 0 Å². The fraction of sp³-hybridized carbons (Fsp3) is 0.304. The van der Waals surface area contributed by atoms with E-state index in [-0.39, 0.29) is 10.9 Å². The first kappa shape index (κ1) is 22.5. The Morgan fingerprint density at radius 1 is 1.06 bits per heavy atom. The number of rotatable bonds is 11. The zero-order valence-corrected chi connectivity index (χ0v) is 18.4. The first-order chi connectivity index (χ1) is 15.1. The first-order valence-corrected chi connectivity index (χ1v) is 10.5. The zero-order chi connectivity index (χ0) is 22.1. The predicted molar refractivity (Wildman–Crippen MR) is 121 cm³/mol. The monoisotopic (exact) mass is 443 g/mol. The predicted octanol–water partition coefficient (Wildman–Crippen LogP) is 4.80. The lowest BCUT2D eigenvalue weighted by Gasteiger charge is -2.15. The SMILES string of the molecule is CCCCOc1cc(CNc2c(OCc3ccccc3)n[nH]c(=O)c2Cl)ccc1OC. The minimum absolute atomic E-state index is 0.00834. The molecular weight excluding hydrogens is 418 g/mol. The van der Waals surface area contributed by atoms with Gasteiger partial charge in [-0.3, -0.25) is 4.79 Å². The number of methoxy groups -OCH3 is 1. The van der Waals surface area contributed by atoms with Crippen LogP contribution in [-0.2, 0) is 13.2 Å². The number of benzene rings is 2. The molecule has 0 spiro atoms. The first-order valence-electron chi connectivity index (χ1n) is 10.1. The van der Waals surface area contributed by atoms with Crippen LogP contribution in [0.4, 0.5) is 5.69 Å². The molecule has 0 atom stereocenters. The van der Waals surface area contributed by atoms with Gasteiger partial charge in [0.2, 0.25) is 0 Å². The lowest BCUT2D eigenvalue weighted by atomic mass is 10.2. The van der Waals surface area contributed by atoms with E-state index < -0.39 is 5.56 Å². The lowest BCUT2D eigenvalue weighted by Crippen LogP contribution is -2.15. The second kappa shape index (κ2) is 11.3. The maximum absolute atomic E-state index is 12.0. The molecule has 31 heavy (non-hydrogen) atoms. The van der Waals surface area contributed by atoms with Crippen LogP contribution in [0.3, 0.4) is 0 Å².